The lowest BCUT2D eigenvalue weighted by molar-refractivity contribution is -0.134. The molecule has 4 heteroatoms. The molecule has 2 aromatic rings. The van der Waals surface area contributed by atoms with Crippen LogP contribution in [0.2, 0.25) is 0 Å². The van der Waals surface area contributed by atoms with Crippen LogP contribution < -0.4 is 4.74 Å². The summed E-state index contributed by atoms with van der Waals surface area (Å²) in [7, 11) is 0. The Kier molecular flexibility index (Phi) is 13.0. The molecule has 0 aromatic heterocycles. The first-order valence-electron chi connectivity index (χ1n) is 12.7. The lowest BCUT2D eigenvalue weighted by Gasteiger charge is -2.07. The highest BCUT2D eigenvalue weighted by Crippen LogP contribution is 2.23. The van der Waals surface area contributed by atoms with Gasteiger partial charge >= 0.3 is 11.9 Å². The van der Waals surface area contributed by atoms with Crippen molar-refractivity contribution in [1.82, 2.24) is 0 Å². The summed E-state index contributed by atoms with van der Waals surface area (Å²) in [5, 5.41) is 0. The second-order valence-corrected chi connectivity index (χ2v) is 8.64. The molecule has 0 N–H and O–H groups in total. The molecule has 2 aromatic carbocycles. The zero-order valence-corrected chi connectivity index (χ0v) is 20.4. The first-order valence-corrected chi connectivity index (χ1v) is 12.7. The van der Waals surface area contributed by atoms with Gasteiger partial charge in [-0.05, 0) is 48.2 Å². The van der Waals surface area contributed by atoms with Crippen molar-refractivity contribution in [2.45, 2.75) is 90.9 Å². The summed E-state index contributed by atoms with van der Waals surface area (Å²) >= 11 is 0. The van der Waals surface area contributed by atoms with E-state index >= 15 is 0 Å². The number of carbonyl (C=O) groups is 2. The highest BCUT2D eigenvalue weighted by atomic mass is 16.5. The van der Waals surface area contributed by atoms with Gasteiger partial charge in [-0.3, -0.25) is 4.79 Å². The van der Waals surface area contributed by atoms with Crippen molar-refractivity contribution >= 4 is 11.9 Å². The summed E-state index contributed by atoms with van der Waals surface area (Å²) in [6.45, 7) is 4.76. The van der Waals surface area contributed by atoms with Gasteiger partial charge in [0.15, 0.2) is 0 Å². The molecule has 33 heavy (non-hydrogen) atoms. The van der Waals surface area contributed by atoms with Crippen LogP contribution in [0.15, 0.2) is 48.5 Å². The topological polar surface area (TPSA) is 52.6 Å². The van der Waals surface area contributed by atoms with Crippen LogP contribution in [-0.2, 0) is 9.53 Å². The van der Waals surface area contributed by atoms with Gasteiger partial charge in [-0.15, -0.1) is 0 Å². The van der Waals surface area contributed by atoms with E-state index in [9.17, 15) is 9.59 Å². The maximum absolute atomic E-state index is 12.1. The second-order valence-electron chi connectivity index (χ2n) is 8.64. The standard InChI is InChI=1S/C29H40O4/c1-3-5-7-8-9-10-11-12-13-14-28(30)33-27-21-19-25(20-22-27)24-15-17-26(18-16-24)29(31)32-23-6-4-2/h15-22H,3-14,23H2,1-2H3. The van der Waals surface area contributed by atoms with Crippen LogP contribution in [0.1, 0.15) is 101 Å². The molecule has 0 bridgehead atoms. The summed E-state index contributed by atoms with van der Waals surface area (Å²) in [5.41, 5.74) is 2.55. The SMILES string of the molecule is CCCCCCCCCCCC(=O)Oc1ccc(-c2ccc(C(=O)OCCCC)cc2)cc1. The second kappa shape index (κ2) is 16.1. The van der Waals surface area contributed by atoms with E-state index in [0.29, 0.717) is 24.3 Å². The normalized spacial score (nSPS) is 10.7. The number of ether oxygens (including phenoxy) is 2. The number of benzene rings is 2. The van der Waals surface area contributed by atoms with Crippen molar-refractivity contribution in [3.8, 4) is 16.9 Å². The third kappa shape index (κ3) is 10.7. The average molecular weight is 453 g/mol. The molecule has 0 spiro atoms. The Hall–Kier alpha value is -2.62. The summed E-state index contributed by atoms with van der Waals surface area (Å²) in [4.78, 5) is 24.1. The van der Waals surface area contributed by atoms with Crippen LogP contribution in [0.4, 0.5) is 0 Å². The fraction of sp³-hybridized carbons (Fsp3) is 0.517. The van der Waals surface area contributed by atoms with E-state index in [1.807, 2.05) is 36.4 Å². The molecule has 0 aliphatic carbocycles. The fourth-order valence-corrected chi connectivity index (χ4v) is 3.67. The molecule has 0 heterocycles. The monoisotopic (exact) mass is 452 g/mol. The minimum Gasteiger partial charge on any atom is -0.462 e. The minimum atomic E-state index is -0.288. The van der Waals surface area contributed by atoms with E-state index in [2.05, 4.69) is 13.8 Å². The predicted octanol–water partition coefficient (Wildman–Crippen LogP) is 8.14. The van der Waals surface area contributed by atoms with Crippen molar-refractivity contribution in [2.24, 2.45) is 0 Å². The smallest absolute Gasteiger partial charge is 0.338 e. The van der Waals surface area contributed by atoms with Crippen LogP contribution in [0, 0.1) is 0 Å². The average Bonchev–Trinajstić information content (AvgIpc) is 2.84. The predicted molar refractivity (Wildman–Crippen MR) is 135 cm³/mol. The van der Waals surface area contributed by atoms with Crippen LogP contribution in [0.25, 0.3) is 11.1 Å². The van der Waals surface area contributed by atoms with Crippen LogP contribution >= 0.6 is 0 Å². The first kappa shape index (κ1) is 26.6. The molecule has 180 valence electrons. The van der Waals surface area contributed by atoms with Gasteiger partial charge in [0.25, 0.3) is 0 Å². The van der Waals surface area contributed by atoms with Crippen LogP contribution in [0.3, 0.4) is 0 Å². The molecule has 2 rings (SSSR count). The Morgan fingerprint density at radius 2 is 1.15 bits per heavy atom. The van der Waals surface area contributed by atoms with Gasteiger partial charge < -0.3 is 9.47 Å². The van der Waals surface area contributed by atoms with Gasteiger partial charge in [-0.2, -0.15) is 0 Å². The highest BCUT2D eigenvalue weighted by molar-refractivity contribution is 5.90. The first-order chi connectivity index (χ1) is 16.1. The van der Waals surface area contributed by atoms with Gasteiger partial charge in [-0.25, -0.2) is 4.79 Å². The molecule has 4 nitrogen and oxygen atoms in total. The molecule has 0 saturated carbocycles. The Balaban J connectivity index is 1.69. The lowest BCUT2D eigenvalue weighted by atomic mass is 10.0. The summed E-state index contributed by atoms with van der Waals surface area (Å²) in [5.74, 6) is 0.108. The van der Waals surface area contributed by atoms with E-state index in [0.717, 1.165) is 36.8 Å². The van der Waals surface area contributed by atoms with Crippen molar-refractivity contribution in [1.29, 1.82) is 0 Å². The molecule has 0 unspecified atom stereocenters. The maximum Gasteiger partial charge on any atom is 0.338 e. The van der Waals surface area contributed by atoms with Gasteiger partial charge in [0.2, 0.25) is 0 Å². The maximum atomic E-state index is 12.1. The molecule has 0 atom stereocenters. The molecular formula is C29H40O4. The number of hydrogen-bond acceptors (Lipinski definition) is 4. The van der Waals surface area contributed by atoms with Crippen molar-refractivity contribution in [2.75, 3.05) is 6.61 Å². The summed E-state index contributed by atoms with van der Waals surface area (Å²) < 4.78 is 10.7. The molecule has 0 amide bonds. The molecule has 0 fully saturated rings. The third-order valence-electron chi connectivity index (χ3n) is 5.76. The fourth-order valence-electron chi connectivity index (χ4n) is 3.67. The largest absolute Gasteiger partial charge is 0.462 e. The Bertz CT molecular complexity index is 809. The van der Waals surface area contributed by atoms with Gasteiger partial charge in [0, 0.05) is 6.42 Å². The van der Waals surface area contributed by atoms with Gasteiger partial charge in [-0.1, -0.05) is 95.9 Å². The Labute approximate surface area is 199 Å². The number of carbonyl (C=O) groups excluding carboxylic acids is 2. The minimum absolute atomic E-state index is 0.170. The van der Waals surface area contributed by atoms with Crippen LogP contribution in [0.5, 0.6) is 5.75 Å². The number of esters is 2. The highest BCUT2D eigenvalue weighted by Gasteiger charge is 2.08. The lowest BCUT2D eigenvalue weighted by Crippen LogP contribution is -2.07. The quantitative estimate of drug-likeness (QED) is 0.146. The van der Waals surface area contributed by atoms with Gasteiger partial charge in [0.1, 0.15) is 5.75 Å². The molecule has 0 saturated heterocycles. The van der Waals surface area contributed by atoms with Crippen molar-refractivity contribution < 1.29 is 19.1 Å². The zero-order valence-electron chi connectivity index (χ0n) is 20.4. The molecule has 0 radical (unpaired) electrons. The Morgan fingerprint density at radius 3 is 1.73 bits per heavy atom. The van der Waals surface area contributed by atoms with E-state index in [1.54, 1.807) is 12.1 Å². The number of rotatable bonds is 16. The van der Waals surface area contributed by atoms with Crippen molar-refractivity contribution in [3.05, 3.63) is 54.1 Å². The van der Waals surface area contributed by atoms with E-state index in [-0.39, 0.29) is 11.9 Å². The number of hydrogen-bond donors (Lipinski definition) is 0. The van der Waals surface area contributed by atoms with E-state index in [1.165, 1.54) is 44.9 Å². The van der Waals surface area contributed by atoms with E-state index < -0.39 is 0 Å². The van der Waals surface area contributed by atoms with Crippen molar-refractivity contribution in [3.63, 3.8) is 0 Å². The molecule has 0 aliphatic rings. The third-order valence-corrected chi connectivity index (χ3v) is 5.76. The molecule has 0 aliphatic heterocycles. The summed E-state index contributed by atoms with van der Waals surface area (Å²) in [6, 6.07) is 14.9. The van der Waals surface area contributed by atoms with Crippen LogP contribution in [-0.4, -0.2) is 18.5 Å². The Morgan fingerprint density at radius 1 is 0.636 bits per heavy atom. The summed E-state index contributed by atoms with van der Waals surface area (Å²) in [6.07, 6.45) is 13.4. The molecular weight excluding hydrogens is 412 g/mol. The zero-order chi connectivity index (χ0) is 23.7. The van der Waals surface area contributed by atoms with Gasteiger partial charge in [0.05, 0.1) is 12.2 Å². The number of unbranched alkanes of at least 4 members (excludes halogenated alkanes) is 9. The van der Waals surface area contributed by atoms with E-state index in [4.69, 9.17) is 9.47 Å².